The van der Waals surface area contributed by atoms with E-state index in [2.05, 4.69) is 53.4 Å². The van der Waals surface area contributed by atoms with Crippen molar-refractivity contribution in [1.29, 1.82) is 0 Å². The van der Waals surface area contributed by atoms with Crippen LogP contribution in [0.1, 0.15) is 60.3 Å². The van der Waals surface area contributed by atoms with E-state index in [0.29, 0.717) is 12.3 Å². The first-order chi connectivity index (χ1) is 12.8. The van der Waals surface area contributed by atoms with Gasteiger partial charge in [0.2, 0.25) is 0 Å². The highest BCUT2D eigenvalue weighted by atomic mass is 16.3. The van der Waals surface area contributed by atoms with Crippen LogP contribution >= 0.6 is 0 Å². The van der Waals surface area contributed by atoms with Gasteiger partial charge in [-0.05, 0) is 29.9 Å². The van der Waals surface area contributed by atoms with Gasteiger partial charge in [0.05, 0.1) is 6.54 Å². The minimum Gasteiger partial charge on any atom is -0.366 e. The molecule has 0 radical (unpaired) electrons. The first-order valence-electron chi connectivity index (χ1n) is 9.99. The average Bonchev–Trinajstić information content (AvgIpc) is 3.20. The molecule has 0 bridgehead atoms. The normalized spacial score (nSPS) is 25.6. The van der Waals surface area contributed by atoms with Crippen molar-refractivity contribution in [3.63, 3.8) is 0 Å². The maximum Gasteiger partial charge on any atom is 0.169 e. The van der Waals surface area contributed by atoms with Crippen LogP contribution < -0.4 is 0 Å². The lowest BCUT2D eigenvalue weighted by molar-refractivity contribution is -0.0745. The molecule has 2 aromatic rings. The van der Waals surface area contributed by atoms with Gasteiger partial charge < -0.3 is 10.0 Å². The molecule has 0 spiro atoms. The summed E-state index contributed by atoms with van der Waals surface area (Å²) < 4.78 is 0. The fourth-order valence-electron chi connectivity index (χ4n) is 5.01. The smallest absolute Gasteiger partial charge is 0.169 e. The molecule has 26 heavy (non-hydrogen) atoms. The Hall–Kier alpha value is -2.13. The van der Waals surface area contributed by atoms with Crippen LogP contribution in [0.15, 0.2) is 53.5 Å². The summed E-state index contributed by atoms with van der Waals surface area (Å²) in [5.74, 6) is 1.65. The Bertz CT molecular complexity index is 836. The number of benzene rings is 2. The number of aliphatic hydroxyl groups is 1. The molecule has 5 rings (SSSR count). The van der Waals surface area contributed by atoms with Crippen LogP contribution in [-0.4, -0.2) is 28.9 Å². The van der Waals surface area contributed by atoms with Crippen LogP contribution in [0.25, 0.3) is 0 Å². The van der Waals surface area contributed by atoms with E-state index in [1.54, 1.807) is 0 Å². The summed E-state index contributed by atoms with van der Waals surface area (Å²) in [5, 5.41) is 11.7. The van der Waals surface area contributed by atoms with Gasteiger partial charge in [-0.25, -0.2) is 0 Å². The third-order valence-electron chi connectivity index (χ3n) is 6.43. The van der Waals surface area contributed by atoms with E-state index in [-0.39, 0.29) is 0 Å². The lowest BCUT2D eigenvalue weighted by atomic mass is 9.82. The van der Waals surface area contributed by atoms with Crippen LogP contribution in [0.3, 0.4) is 0 Å². The van der Waals surface area contributed by atoms with Gasteiger partial charge >= 0.3 is 0 Å². The molecule has 1 atom stereocenters. The zero-order valence-electron chi connectivity index (χ0n) is 15.2. The van der Waals surface area contributed by atoms with E-state index in [9.17, 15) is 5.11 Å². The second-order valence-electron chi connectivity index (χ2n) is 7.96. The standard InChI is InChI=1S/C23H26N2O/c26-23(20-12-10-18(11-13-20)17-6-2-1-3-7-17)16-19-8-4-5-9-21(19)22-24-14-15-25(22)23/h4-5,8-13,17,26H,1-3,6-7,14-16H2. The number of hydrogen-bond acceptors (Lipinski definition) is 3. The predicted octanol–water partition coefficient (Wildman–Crippen LogP) is 4.20. The average molecular weight is 346 g/mol. The maximum absolute atomic E-state index is 11.7. The van der Waals surface area contributed by atoms with E-state index in [1.807, 2.05) is 0 Å². The predicted molar refractivity (Wildman–Crippen MR) is 104 cm³/mol. The lowest BCUT2D eigenvalue weighted by Crippen LogP contribution is -2.53. The molecule has 1 aliphatic carbocycles. The molecule has 2 heterocycles. The first-order valence-corrected chi connectivity index (χ1v) is 9.99. The van der Waals surface area contributed by atoms with Crippen LogP contribution in [0.4, 0.5) is 0 Å². The molecular formula is C23H26N2O. The van der Waals surface area contributed by atoms with Crippen LogP contribution in [-0.2, 0) is 12.1 Å². The van der Waals surface area contributed by atoms with Gasteiger partial charge in [-0.1, -0.05) is 67.8 Å². The van der Waals surface area contributed by atoms with Crippen molar-refractivity contribution >= 4 is 5.84 Å². The van der Waals surface area contributed by atoms with E-state index >= 15 is 0 Å². The van der Waals surface area contributed by atoms with Crippen molar-refractivity contribution in [2.75, 3.05) is 13.1 Å². The second kappa shape index (κ2) is 6.24. The van der Waals surface area contributed by atoms with Gasteiger partial charge in [-0.3, -0.25) is 4.99 Å². The summed E-state index contributed by atoms with van der Waals surface area (Å²) in [6.07, 6.45) is 7.30. The monoisotopic (exact) mass is 346 g/mol. The summed E-state index contributed by atoms with van der Waals surface area (Å²) in [5.41, 5.74) is 3.79. The first kappa shape index (κ1) is 16.1. The maximum atomic E-state index is 11.7. The largest absolute Gasteiger partial charge is 0.366 e. The topological polar surface area (TPSA) is 35.8 Å². The highest BCUT2D eigenvalue weighted by molar-refractivity contribution is 6.02. The van der Waals surface area contributed by atoms with E-state index in [4.69, 9.17) is 4.99 Å². The summed E-state index contributed by atoms with van der Waals surface area (Å²) in [7, 11) is 0. The molecule has 1 fully saturated rings. The summed E-state index contributed by atoms with van der Waals surface area (Å²) in [6, 6.07) is 17.1. The van der Waals surface area contributed by atoms with Crippen LogP contribution in [0.5, 0.6) is 0 Å². The number of rotatable bonds is 2. The summed E-state index contributed by atoms with van der Waals surface area (Å²) in [4.78, 5) is 6.80. The second-order valence-corrected chi connectivity index (χ2v) is 7.96. The number of aliphatic imine (C=N–C) groups is 1. The third kappa shape index (κ3) is 2.49. The van der Waals surface area contributed by atoms with Gasteiger partial charge in [0, 0.05) is 24.1 Å². The Kier molecular flexibility index (Phi) is 3.86. The number of amidine groups is 1. The van der Waals surface area contributed by atoms with Crippen LogP contribution in [0.2, 0.25) is 0 Å². The fourth-order valence-corrected chi connectivity index (χ4v) is 5.01. The Morgan fingerprint density at radius 2 is 1.73 bits per heavy atom. The SMILES string of the molecule is OC1(c2ccc(C3CCCCC3)cc2)Cc2ccccc2C2=NCCN21. The van der Waals surface area contributed by atoms with Gasteiger partial charge in [-0.15, -0.1) is 0 Å². The molecule has 2 aliphatic heterocycles. The molecular weight excluding hydrogens is 320 g/mol. The van der Waals surface area contributed by atoms with Gasteiger partial charge in [0.1, 0.15) is 5.84 Å². The minimum absolute atomic E-state index is 0.616. The number of hydrogen-bond donors (Lipinski definition) is 1. The molecule has 1 unspecified atom stereocenters. The Balaban J connectivity index is 1.50. The fraction of sp³-hybridized carbons (Fsp3) is 0.435. The molecule has 0 amide bonds. The van der Waals surface area contributed by atoms with Gasteiger partial charge in [-0.2, -0.15) is 0 Å². The molecule has 134 valence electrons. The molecule has 3 nitrogen and oxygen atoms in total. The van der Waals surface area contributed by atoms with E-state index < -0.39 is 5.72 Å². The molecule has 3 heteroatoms. The minimum atomic E-state index is -0.991. The molecule has 2 aromatic carbocycles. The molecule has 0 aromatic heterocycles. The molecule has 1 saturated carbocycles. The highest BCUT2D eigenvalue weighted by Gasteiger charge is 2.44. The molecule has 0 saturated heterocycles. The summed E-state index contributed by atoms with van der Waals surface area (Å²) >= 11 is 0. The quantitative estimate of drug-likeness (QED) is 0.885. The van der Waals surface area contributed by atoms with Crippen molar-refractivity contribution in [2.45, 2.75) is 50.2 Å². The Morgan fingerprint density at radius 1 is 0.962 bits per heavy atom. The van der Waals surface area contributed by atoms with Crippen molar-refractivity contribution in [1.82, 2.24) is 4.90 Å². The number of fused-ring (bicyclic) bond motifs is 3. The van der Waals surface area contributed by atoms with Gasteiger partial charge in [0.25, 0.3) is 0 Å². The Morgan fingerprint density at radius 3 is 2.54 bits per heavy atom. The van der Waals surface area contributed by atoms with Crippen LogP contribution in [0, 0.1) is 0 Å². The van der Waals surface area contributed by atoms with E-state index in [0.717, 1.165) is 24.5 Å². The molecule has 1 N–H and O–H groups in total. The Labute approximate surface area is 155 Å². The van der Waals surface area contributed by atoms with Crippen molar-refractivity contribution < 1.29 is 5.11 Å². The van der Waals surface area contributed by atoms with Crippen molar-refractivity contribution in [3.8, 4) is 0 Å². The van der Waals surface area contributed by atoms with Crippen molar-refractivity contribution in [3.05, 3.63) is 70.8 Å². The summed E-state index contributed by atoms with van der Waals surface area (Å²) in [6.45, 7) is 1.54. The lowest BCUT2D eigenvalue weighted by Gasteiger charge is -2.44. The van der Waals surface area contributed by atoms with E-state index in [1.165, 1.54) is 48.8 Å². The number of nitrogens with zero attached hydrogens (tertiary/aromatic N) is 2. The zero-order valence-corrected chi connectivity index (χ0v) is 15.2. The highest BCUT2D eigenvalue weighted by Crippen LogP contribution is 2.40. The third-order valence-corrected chi connectivity index (χ3v) is 6.43. The molecule has 3 aliphatic rings. The van der Waals surface area contributed by atoms with Gasteiger partial charge in [0.15, 0.2) is 5.72 Å². The van der Waals surface area contributed by atoms with Crippen molar-refractivity contribution in [2.24, 2.45) is 4.99 Å². The zero-order chi connectivity index (χ0) is 17.6.